The molecule has 0 N–H and O–H groups in total. The van der Waals surface area contributed by atoms with Crippen molar-refractivity contribution in [3.05, 3.63) is 71.8 Å². The van der Waals surface area contributed by atoms with Crippen LogP contribution in [-0.4, -0.2) is 51.2 Å². The molecule has 3 rings (SSSR count). The van der Waals surface area contributed by atoms with Crippen molar-refractivity contribution in [3.63, 3.8) is 0 Å². The van der Waals surface area contributed by atoms with Gasteiger partial charge in [0.05, 0.1) is 26.9 Å². The predicted molar refractivity (Wildman–Crippen MR) is 103 cm³/mol. The zero-order valence-corrected chi connectivity index (χ0v) is 16.2. The monoisotopic (exact) mass is 386 g/mol. The first-order valence-corrected chi connectivity index (χ1v) is 9.26. The van der Waals surface area contributed by atoms with E-state index in [0.29, 0.717) is 13.2 Å². The molecule has 0 spiro atoms. The molecule has 0 aliphatic carbocycles. The SMILES string of the molecule is COC(=O)[C@H]1O[C@H](COCc2ccccc2)[C@H](OCc2ccccc2)[C@H]1OC. The molecule has 2 aromatic rings. The van der Waals surface area contributed by atoms with Gasteiger partial charge < -0.3 is 23.7 Å². The fourth-order valence-electron chi connectivity index (χ4n) is 3.26. The topological polar surface area (TPSA) is 63.2 Å². The minimum Gasteiger partial charge on any atom is -0.467 e. The van der Waals surface area contributed by atoms with Crippen LogP contribution in [0.1, 0.15) is 11.1 Å². The third kappa shape index (κ3) is 5.17. The quantitative estimate of drug-likeness (QED) is 0.618. The van der Waals surface area contributed by atoms with Gasteiger partial charge in [-0.3, -0.25) is 0 Å². The molecule has 150 valence electrons. The first kappa shape index (κ1) is 20.5. The number of esters is 1. The van der Waals surface area contributed by atoms with E-state index < -0.39 is 30.4 Å². The lowest BCUT2D eigenvalue weighted by atomic mass is 10.1. The van der Waals surface area contributed by atoms with Crippen molar-refractivity contribution < 1.29 is 28.5 Å². The Kier molecular flexibility index (Phi) is 7.56. The van der Waals surface area contributed by atoms with Crippen LogP contribution in [0.15, 0.2) is 60.7 Å². The maximum Gasteiger partial charge on any atom is 0.337 e. The van der Waals surface area contributed by atoms with E-state index in [2.05, 4.69) is 0 Å². The molecule has 6 nitrogen and oxygen atoms in total. The van der Waals surface area contributed by atoms with Gasteiger partial charge in [-0.2, -0.15) is 0 Å². The number of carbonyl (C=O) groups is 1. The molecule has 0 unspecified atom stereocenters. The fraction of sp³-hybridized carbons (Fsp3) is 0.409. The highest BCUT2D eigenvalue weighted by Gasteiger charge is 2.49. The lowest BCUT2D eigenvalue weighted by Crippen LogP contribution is -2.40. The fourth-order valence-corrected chi connectivity index (χ4v) is 3.26. The molecule has 1 aliphatic rings. The van der Waals surface area contributed by atoms with Crippen molar-refractivity contribution in [3.8, 4) is 0 Å². The molecule has 28 heavy (non-hydrogen) atoms. The summed E-state index contributed by atoms with van der Waals surface area (Å²) in [4.78, 5) is 12.1. The van der Waals surface area contributed by atoms with Crippen LogP contribution in [0.25, 0.3) is 0 Å². The largest absolute Gasteiger partial charge is 0.467 e. The minimum atomic E-state index is -0.846. The molecule has 0 amide bonds. The Morgan fingerprint density at radius 3 is 2.07 bits per heavy atom. The van der Waals surface area contributed by atoms with E-state index in [1.54, 1.807) is 0 Å². The average molecular weight is 386 g/mol. The van der Waals surface area contributed by atoms with Gasteiger partial charge in [-0.1, -0.05) is 60.7 Å². The maximum absolute atomic E-state index is 12.1. The Morgan fingerprint density at radius 2 is 1.50 bits per heavy atom. The van der Waals surface area contributed by atoms with Gasteiger partial charge in [0.15, 0.2) is 6.10 Å². The number of hydrogen-bond acceptors (Lipinski definition) is 6. The summed E-state index contributed by atoms with van der Waals surface area (Å²) in [5.41, 5.74) is 2.10. The number of methoxy groups -OCH3 is 2. The Hall–Kier alpha value is -2.25. The summed E-state index contributed by atoms with van der Waals surface area (Å²) in [5, 5.41) is 0. The summed E-state index contributed by atoms with van der Waals surface area (Å²) in [5.74, 6) is -0.481. The molecule has 2 aromatic carbocycles. The highest BCUT2D eigenvalue weighted by molar-refractivity contribution is 5.76. The summed E-state index contributed by atoms with van der Waals surface area (Å²) < 4.78 is 28.2. The summed E-state index contributed by atoms with van der Waals surface area (Å²) >= 11 is 0. The lowest BCUT2D eigenvalue weighted by Gasteiger charge is -2.23. The second-order valence-corrected chi connectivity index (χ2v) is 6.58. The Bertz CT molecular complexity index is 720. The molecule has 0 radical (unpaired) electrons. The van der Waals surface area contributed by atoms with Gasteiger partial charge in [0, 0.05) is 7.11 Å². The van der Waals surface area contributed by atoms with E-state index in [1.807, 2.05) is 60.7 Å². The summed E-state index contributed by atoms with van der Waals surface area (Å²) in [7, 11) is 2.87. The zero-order chi connectivity index (χ0) is 19.8. The number of rotatable bonds is 9. The maximum atomic E-state index is 12.1. The molecule has 6 heteroatoms. The molecule has 1 saturated heterocycles. The van der Waals surface area contributed by atoms with E-state index in [9.17, 15) is 4.79 Å². The second-order valence-electron chi connectivity index (χ2n) is 6.58. The molecule has 1 aliphatic heterocycles. The van der Waals surface area contributed by atoms with Crippen LogP contribution in [0.3, 0.4) is 0 Å². The van der Waals surface area contributed by atoms with Crippen LogP contribution in [0.5, 0.6) is 0 Å². The van der Waals surface area contributed by atoms with E-state index in [0.717, 1.165) is 11.1 Å². The van der Waals surface area contributed by atoms with Crippen LogP contribution in [0.2, 0.25) is 0 Å². The first-order valence-electron chi connectivity index (χ1n) is 9.26. The van der Waals surface area contributed by atoms with Crippen LogP contribution in [0.4, 0.5) is 0 Å². The molecule has 4 atom stereocenters. The summed E-state index contributed by atoms with van der Waals surface area (Å²) in [6.07, 6.45) is -2.31. The van der Waals surface area contributed by atoms with E-state index in [4.69, 9.17) is 23.7 Å². The number of carbonyl (C=O) groups excluding carboxylic acids is 1. The number of ether oxygens (including phenoxy) is 5. The van der Waals surface area contributed by atoms with Crippen LogP contribution in [0, 0.1) is 0 Å². The number of hydrogen-bond donors (Lipinski definition) is 0. The van der Waals surface area contributed by atoms with E-state index in [1.165, 1.54) is 14.2 Å². The highest BCUT2D eigenvalue weighted by atomic mass is 16.6. The van der Waals surface area contributed by atoms with Gasteiger partial charge >= 0.3 is 5.97 Å². The average Bonchev–Trinajstić information content (AvgIpc) is 3.10. The molecule has 0 aromatic heterocycles. The van der Waals surface area contributed by atoms with Gasteiger partial charge in [0.1, 0.15) is 18.3 Å². The van der Waals surface area contributed by atoms with Gasteiger partial charge in [0.2, 0.25) is 0 Å². The van der Waals surface area contributed by atoms with Crippen molar-refractivity contribution in [2.24, 2.45) is 0 Å². The lowest BCUT2D eigenvalue weighted by molar-refractivity contribution is -0.159. The minimum absolute atomic E-state index is 0.279. The van der Waals surface area contributed by atoms with Crippen LogP contribution in [-0.2, 0) is 41.7 Å². The van der Waals surface area contributed by atoms with Gasteiger partial charge in [0.25, 0.3) is 0 Å². The second kappa shape index (κ2) is 10.3. The molecule has 1 fully saturated rings. The standard InChI is InChI=1S/C22H26O6/c1-24-20-19(27-14-17-11-7-4-8-12-17)18(28-21(20)22(23)25-2)15-26-13-16-9-5-3-6-10-16/h3-12,18-21H,13-15H2,1-2H3/t18-,19+,20-,21+/m1/s1. The Labute approximate surface area is 165 Å². The highest BCUT2D eigenvalue weighted by Crippen LogP contribution is 2.28. The first-order chi connectivity index (χ1) is 13.7. The number of benzene rings is 2. The molecular weight excluding hydrogens is 360 g/mol. The van der Waals surface area contributed by atoms with Crippen molar-refractivity contribution in [2.45, 2.75) is 37.6 Å². The zero-order valence-electron chi connectivity index (χ0n) is 16.2. The van der Waals surface area contributed by atoms with Crippen LogP contribution < -0.4 is 0 Å². The summed E-state index contributed by atoms with van der Waals surface area (Å²) in [6, 6.07) is 19.7. The van der Waals surface area contributed by atoms with Gasteiger partial charge in [-0.25, -0.2) is 4.79 Å². The summed E-state index contributed by atoms with van der Waals surface area (Å²) in [6.45, 7) is 1.12. The van der Waals surface area contributed by atoms with Crippen molar-refractivity contribution in [1.29, 1.82) is 0 Å². The third-order valence-corrected chi connectivity index (χ3v) is 4.69. The normalized spacial score (nSPS) is 24.2. The van der Waals surface area contributed by atoms with Crippen molar-refractivity contribution in [2.75, 3.05) is 20.8 Å². The van der Waals surface area contributed by atoms with Crippen molar-refractivity contribution >= 4 is 5.97 Å². The molecule has 0 bridgehead atoms. The van der Waals surface area contributed by atoms with Gasteiger partial charge in [-0.05, 0) is 11.1 Å². The molecule has 1 heterocycles. The Balaban J connectivity index is 1.65. The smallest absolute Gasteiger partial charge is 0.337 e. The Morgan fingerprint density at radius 1 is 0.893 bits per heavy atom. The third-order valence-electron chi connectivity index (χ3n) is 4.69. The van der Waals surface area contributed by atoms with Gasteiger partial charge in [-0.15, -0.1) is 0 Å². The van der Waals surface area contributed by atoms with E-state index >= 15 is 0 Å². The molecule has 0 saturated carbocycles. The predicted octanol–water partition coefficient (Wildman–Crippen LogP) is 2.74. The van der Waals surface area contributed by atoms with E-state index in [-0.39, 0.29) is 6.61 Å². The van der Waals surface area contributed by atoms with Crippen LogP contribution >= 0.6 is 0 Å². The molecular formula is C22H26O6. The van der Waals surface area contributed by atoms with Crippen molar-refractivity contribution in [1.82, 2.24) is 0 Å².